The molecule has 0 aliphatic heterocycles. The molecule has 148 valence electrons. The first-order valence-electron chi connectivity index (χ1n) is 9.20. The van der Waals surface area contributed by atoms with E-state index in [2.05, 4.69) is 20.9 Å². The van der Waals surface area contributed by atoms with Crippen LogP contribution in [0.25, 0.3) is 0 Å². The van der Waals surface area contributed by atoms with Crippen molar-refractivity contribution in [3.63, 3.8) is 0 Å². The molecule has 7 nitrogen and oxygen atoms in total. The average Bonchev–Trinajstić information content (AvgIpc) is 2.45. The standard InChI is InChI=1S/C18H38N4O3/c1-8-19-15(20-12-10-11-13-24-9-2)21-14-18(6,7)22-16(23)25-17(3,4)5/h8-14H2,1-7H3,(H,22,23)(H2,19,20,21). The SMILES string of the molecule is CCNC(=NCC(C)(C)NC(=O)OC(C)(C)C)NCCCCOCC. The van der Waals surface area contributed by atoms with Gasteiger partial charge >= 0.3 is 6.09 Å². The molecule has 0 aromatic rings. The fourth-order valence-corrected chi connectivity index (χ4v) is 1.92. The molecule has 0 rings (SSSR count). The van der Waals surface area contributed by atoms with Gasteiger partial charge in [0.1, 0.15) is 5.60 Å². The van der Waals surface area contributed by atoms with Crippen LogP contribution in [0.3, 0.4) is 0 Å². The molecule has 0 fully saturated rings. The van der Waals surface area contributed by atoms with Crippen molar-refractivity contribution in [3.05, 3.63) is 0 Å². The van der Waals surface area contributed by atoms with E-state index < -0.39 is 17.2 Å². The monoisotopic (exact) mass is 358 g/mol. The molecule has 0 bridgehead atoms. The number of aliphatic imine (C=N–C) groups is 1. The van der Waals surface area contributed by atoms with Crippen LogP contribution >= 0.6 is 0 Å². The molecule has 0 heterocycles. The van der Waals surface area contributed by atoms with E-state index in [1.807, 2.05) is 48.5 Å². The van der Waals surface area contributed by atoms with Crippen LogP contribution in [0.15, 0.2) is 4.99 Å². The topological polar surface area (TPSA) is 84.0 Å². The molecule has 0 radical (unpaired) electrons. The number of guanidine groups is 1. The Kier molecular flexibility index (Phi) is 11.2. The first kappa shape index (κ1) is 23.5. The van der Waals surface area contributed by atoms with Crippen molar-refractivity contribution in [2.45, 2.75) is 72.4 Å². The molecular weight excluding hydrogens is 320 g/mol. The third-order valence-corrected chi connectivity index (χ3v) is 3.03. The molecule has 0 aromatic heterocycles. The molecule has 1 amide bonds. The molecular formula is C18H38N4O3. The summed E-state index contributed by atoms with van der Waals surface area (Å²) in [5.74, 6) is 0.748. The average molecular weight is 359 g/mol. The van der Waals surface area contributed by atoms with Crippen molar-refractivity contribution in [1.29, 1.82) is 0 Å². The second kappa shape index (κ2) is 12.0. The van der Waals surface area contributed by atoms with E-state index in [9.17, 15) is 4.79 Å². The highest BCUT2D eigenvalue weighted by Gasteiger charge is 2.24. The van der Waals surface area contributed by atoms with Crippen LogP contribution in [-0.2, 0) is 9.47 Å². The van der Waals surface area contributed by atoms with Gasteiger partial charge in [0, 0.05) is 26.3 Å². The molecule has 0 aliphatic rings. The highest BCUT2D eigenvalue weighted by atomic mass is 16.6. The summed E-state index contributed by atoms with van der Waals surface area (Å²) in [6.07, 6.45) is 1.61. The number of nitrogens with zero attached hydrogens (tertiary/aromatic N) is 1. The lowest BCUT2D eigenvalue weighted by Crippen LogP contribution is -2.49. The molecule has 25 heavy (non-hydrogen) atoms. The van der Waals surface area contributed by atoms with Gasteiger partial charge in [0.2, 0.25) is 0 Å². The smallest absolute Gasteiger partial charge is 0.408 e. The van der Waals surface area contributed by atoms with Crippen LogP contribution in [0.5, 0.6) is 0 Å². The number of hydrogen-bond acceptors (Lipinski definition) is 4. The fraction of sp³-hybridized carbons (Fsp3) is 0.889. The Morgan fingerprint density at radius 2 is 1.72 bits per heavy atom. The molecule has 0 aromatic carbocycles. The van der Waals surface area contributed by atoms with E-state index in [-0.39, 0.29) is 0 Å². The van der Waals surface area contributed by atoms with Crippen LogP contribution in [0.1, 0.15) is 61.3 Å². The van der Waals surface area contributed by atoms with E-state index in [1.165, 1.54) is 0 Å². The summed E-state index contributed by atoms with van der Waals surface area (Å²) in [5.41, 5.74) is -1.01. The Balaban J connectivity index is 4.38. The third kappa shape index (κ3) is 14.5. The Bertz CT molecular complexity index is 404. The van der Waals surface area contributed by atoms with Crippen LogP contribution in [-0.4, -0.2) is 56.0 Å². The number of unbranched alkanes of at least 4 members (excludes halogenated alkanes) is 1. The maximum atomic E-state index is 11.9. The summed E-state index contributed by atoms with van der Waals surface area (Å²) in [6, 6.07) is 0. The highest BCUT2D eigenvalue weighted by Crippen LogP contribution is 2.09. The zero-order valence-electron chi connectivity index (χ0n) is 17.1. The lowest BCUT2D eigenvalue weighted by atomic mass is 10.1. The van der Waals surface area contributed by atoms with Crippen molar-refractivity contribution >= 4 is 12.1 Å². The number of amides is 1. The number of ether oxygens (including phenoxy) is 2. The molecule has 0 aliphatic carbocycles. The highest BCUT2D eigenvalue weighted by molar-refractivity contribution is 5.79. The summed E-state index contributed by atoms with van der Waals surface area (Å²) in [7, 11) is 0. The van der Waals surface area contributed by atoms with Gasteiger partial charge in [-0.25, -0.2) is 4.79 Å². The minimum atomic E-state index is -0.512. The number of hydrogen-bond donors (Lipinski definition) is 3. The number of alkyl carbamates (subject to hydrolysis) is 1. The van der Waals surface area contributed by atoms with Crippen molar-refractivity contribution in [3.8, 4) is 0 Å². The van der Waals surface area contributed by atoms with Gasteiger partial charge in [0.05, 0.1) is 12.1 Å². The van der Waals surface area contributed by atoms with Gasteiger partial charge in [0.25, 0.3) is 0 Å². The largest absolute Gasteiger partial charge is 0.444 e. The van der Waals surface area contributed by atoms with Gasteiger partial charge in [-0.1, -0.05) is 0 Å². The number of rotatable bonds is 10. The molecule has 3 N–H and O–H groups in total. The van der Waals surface area contributed by atoms with Gasteiger partial charge in [-0.05, 0) is 61.3 Å². The summed E-state index contributed by atoms with van der Waals surface area (Å²) >= 11 is 0. The minimum Gasteiger partial charge on any atom is -0.444 e. The van der Waals surface area contributed by atoms with E-state index in [0.717, 1.165) is 45.1 Å². The van der Waals surface area contributed by atoms with Gasteiger partial charge in [-0.3, -0.25) is 4.99 Å². The van der Waals surface area contributed by atoms with E-state index in [4.69, 9.17) is 9.47 Å². The predicted molar refractivity (Wildman–Crippen MR) is 103 cm³/mol. The van der Waals surface area contributed by atoms with Crippen molar-refractivity contribution in [1.82, 2.24) is 16.0 Å². The van der Waals surface area contributed by atoms with Crippen LogP contribution < -0.4 is 16.0 Å². The first-order valence-corrected chi connectivity index (χ1v) is 9.20. The molecule has 0 spiro atoms. The van der Waals surface area contributed by atoms with Crippen LogP contribution in [0.2, 0.25) is 0 Å². The van der Waals surface area contributed by atoms with Crippen molar-refractivity contribution in [2.75, 3.05) is 32.8 Å². The van der Waals surface area contributed by atoms with Gasteiger partial charge < -0.3 is 25.4 Å². The van der Waals surface area contributed by atoms with Crippen LogP contribution in [0.4, 0.5) is 4.79 Å². The molecule has 0 saturated carbocycles. The first-order chi connectivity index (χ1) is 11.6. The Hall–Kier alpha value is -1.50. The maximum absolute atomic E-state index is 11.9. The van der Waals surface area contributed by atoms with Gasteiger partial charge in [-0.2, -0.15) is 0 Å². The van der Waals surface area contributed by atoms with Crippen molar-refractivity contribution < 1.29 is 14.3 Å². The number of carbonyl (C=O) groups excluding carboxylic acids is 1. The Labute approximate surface area is 153 Å². The van der Waals surface area contributed by atoms with Gasteiger partial charge in [-0.15, -0.1) is 0 Å². The zero-order chi connectivity index (χ0) is 19.3. The van der Waals surface area contributed by atoms with Crippen molar-refractivity contribution in [2.24, 2.45) is 4.99 Å². The van der Waals surface area contributed by atoms with E-state index >= 15 is 0 Å². The van der Waals surface area contributed by atoms with Gasteiger partial charge in [0.15, 0.2) is 5.96 Å². The lowest BCUT2D eigenvalue weighted by Gasteiger charge is -2.27. The summed E-state index contributed by atoms with van der Waals surface area (Å²) in [5, 5.41) is 9.37. The van der Waals surface area contributed by atoms with E-state index in [0.29, 0.717) is 6.54 Å². The summed E-state index contributed by atoms with van der Waals surface area (Å²) < 4.78 is 10.6. The predicted octanol–water partition coefficient (Wildman–Crippen LogP) is 2.66. The second-order valence-corrected chi connectivity index (χ2v) is 7.54. The quantitative estimate of drug-likeness (QED) is 0.318. The van der Waals surface area contributed by atoms with Crippen LogP contribution in [0, 0.1) is 0 Å². The molecule has 0 unspecified atom stereocenters. The molecule has 0 atom stereocenters. The maximum Gasteiger partial charge on any atom is 0.408 e. The van der Waals surface area contributed by atoms with E-state index in [1.54, 1.807) is 0 Å². The minimum absolute atomic E-state index is 0.429. The fourth-order valence-electron chi connectivity index (χ4n) is 1.92. The lowest BCUT2D eigenvalue weighted by molar-refractivity contribution is 0.0476. The Morgan fingerprint density at radius 3 is 2.28 bits per heavy atom. The molecule has 7 heteroatoms. The summed E-state index contributed by atoms with van der Waals surface area (Å²) in [4.78, 5) is 16.5. The Morgan fingerprint density at radius 1 is 1.04 bits per heavy atom. The third-order valence-electron chi connectivity index (χ3n) is 3.03. The second-order valence-electron chi connectivity index (χ2n) is 7.54. The molecule has 0 saturated heterocycles. The zero-order valence-corrected chi connectivity index (χ0v) is 17.1. The normalized spacial score (nSPS) is 12.7. The summed E-state index contributed by atoms with van der Waals surface area (Å²) in [6.45, 7) is 17.0. The number of carbonyl (C=O) groups is 1. The number of nitrogens with one attached hydrogen (secondary N) is 3.